The molecule has 4 rings (SSSR count). The molecule has 1 aliphatic heterocycles. The number of benzene rings is 1. The Labute approximate surface area is 155 Å². The highest BCUT2D eigenvalue weighted by Crippen LogP contribution is 2.33. The number of hydrogen-bond acceptors (Lipinski definition) is 5. The molecule has 0 saturated heterocycles. The summed E-state index contributed by atoms with van der Waals surface area (Å²) in [6, 6.07) is 11.9. The van der Waals surface area contributed by atoms with Crippen molar-refractivity contribution >= 4 is 28.7 Å². The van der Waals surface area contributed by atoms with Crippen LogP contribution in [-0.2, 0) is 6.42 Å². The number of amidine groups is 1. The van der Waals surface area contributed by atoms with Crippen LogP contribution in [-0.4, -0.2) is 16.5 Å². The van der Waals surface area contributed by atoms with Crippen LogP contribution < -0.4 is 5.73 Å². The number of halogens is 1. The van der Waals surface area contributed by atoms with E-state index in [1.807, 2.05) is 23.6 Å². The molecular formula is C20H17FN4S. The third kappa shape index (κ3) is 2.93. The molecule has 130 valence electrons. The lowest BCUT2D eigenvalue weighted by Crippen LogP contribution is -2.20. The van der Waals surface area contributed by atoms with Gasteiger partial charge in [0, 0.05) is 22.2 Å². The second-order valence-corrected chi connectivity index (χ2v) is 6.94. The lowest BCUT2D eigenvalue weighted by Gasteiger charge is -2.13. The zero-order chi connectivity index (χ0) is 18.1. The molecule has 1 aromatic carbocycles. The summed E-state index contributed by atoms with van der Waals surface area (Å²) in [6.07, 6.45) is 2.55. The molecule has 6 heteroatoms. The standard InChI is InChI=1S/C20H17FN4S/c1-2-12-9-10-23-20-16(12)17(13-5-7-14(21)8-6-13)24-18(19(22)25-20)15-4-3-11-26-15/h3-11,18H,2H2,1H3,(H2,22,23,25). The highest BCUT2D eigenvalue weighted by molar-refractivity contribution is 7.10. The summed E-state index contributed by atoms with van der Waals surface area (Å²) >= 11 is 1.58. The van der Waals surface area contributed by atoms with Gasteiger partial charge in [-0.1, -0.05) is 13.0 Å². The smallest absolute Gasteiger partial charge is 0.163 e. The average Bonchev–Trinajstić information content (AvgIpc) is 3.13. The average molecular weight is 364 g/mol. The van der Waals surface area contributed by atoms with Crippen LogP contribution in [0, 0.1) is 5.82 Å². The highest BCUT2D eigenvalue weighted by atomic mass is 32.1. The second-order valence-electron chi connectivity index (χ2n) is 5.96. The first-order chi connectivity index (χ1) is 12.7. The Hall–Kier alpha value is -2.86. The Balaban J connectivity index is 1.99. The second kappa shape index (κ2) is 6.80. The molecule has 4 nitrogen and oxygen atoms in total. The minimum absolute atomic E-state index is 0.282. The van der Waals surface area contributed by atoms with Gasteiger partial charge in [-0.05, 0) is 53.8 Å². The number of fused-ring (bicyclic) bond motifs is 1. The van der Waals surface area contributed by atoms with E-state index in [0.717, 1.165) is 33.7 Å². The van der Waals surface area contributed by atoms with E-state index in [1.54, 1.807) is 29.7 Å². The Morgan fingerprint density at radius 3 is 2.65 bits per heavy atom. The highest BCUT2D eigenvalue weighted by Gasteiger charge is 2.26. The third-order valence-corrected chi connectivity index (χ3v) is 5.26. The molecule has 0 amide bonds. The monoisotopic (exact) mass is 364 g/mol. The van der Waals surface area contributed by atoms with Crippen LogP contribution in [0.25, 0.3) is 0 Å². The zero-order valence-electron chi connectivity index (χ0n) is 14.2. The molecule has 26 heavy (non-hydrogen) atoms. The van der Waals surface area contributed by atoms with E-state index in [1.165, 1.54) is 12.1 Å². The molecule has 3 heterocycles. The Morgan fingerprint density at radius 2 is 1.96 bits per heavy atom. The van der Waals surface area contributed by atoms with E-state index in [2.05, 4.69) is 16.9 Å². The maximum absolute atomic E-state index is 13.4. The molecule has 1 aliphatic rings. The first-order valence-corrected chi connectivity index (χ1v) is 9.24. The zero-order valence-corrected chi connectivity index (χ0v) is 15.0. The number of aromatic nitrogens is 1. The van der Waals surface area contributed by atoms with Gasteiger partial charge in [-0.15, -0.1) is 11.3 Å². The fraction of sp³-hybridized carbons (Fsp3) is 0.150. The van der Waals surface area contributed by atoms with E-state index < -0.39 is 0 Å². The maximum atomic E-state index is 13.4. The lowest BCUT2D eigenvalue weighted by molar-refractivity contribution is 0.628. The minimum atomic E-state index is -0.381. The van der Waals surface area contributed by atoms with Crippen molar-refractivity contribution in [1.29, 1.82) is 0 Å². The predicted octanol–water partition coefficient (Wildman–Crippen LogP) is 4.43. The van der Waals surface area contributed by atoms with Gasteiger partial charge in [-0.3, -0.25) is 4.99 Å². The molecule has 1 unspecified atom stereocenters. The lowest BCUT2D eigenvalue weighted by atomic mass is 9.96. The Kier molecular flexibility index (Phi) is 4.34. The van der Waals surface area contributed by atoms with Crippen LogP contribution >= 0.6 is 11.3 Å². The molecule has 2 N–H and O–H groups in total. The predicted molar refractivity (Wildman–Crippen MR) is 104 cm³/mol. The summed E-state index contributed by atoms with van der Waals surface area (Å²) in [7, 11) is 0. The van der Waals surface area contributed by atoms with Gasteiger partial charge in [-0.2, -0.15) is 0 Å². The molecule has 0 spiro atoms. The van der Waals surface area contributed by atoms with E-state index in [4.69, 9.17) is 10.7 Å². The molecule has 2 aromatic heterocycles. The van der Waals surface area contributed by atoms with Gasteiger partial charge in [0.05, 0.1) is 5.71 Å². The Morgan fingerprint density at radius 1 is 1.15 bits per heavy atom. The molecule has 0 fully saturated rings. The van der Waals surface area contributed by atoms with Gasteiger partial charge in [0.15, 0.2) is 5.82 Å². The van der Waals surface area contributed by atoms with Crippen LogP contribution in [0.5, 0.6) is 0 Å². The van der Waals surface area contributed by atoms with Gasteiger partial charge >= 0.3 is 0 Å². The van der Waals surface area contributed by atoms with Crippen molar-refractivity contribution in [1.82, 2.24) is 4.98 Å². The van der Waals surface area contributed by atoms with Crippen LogP contribution in [0.15, 0.2) is 64.0 Å². The van der Waals surface area contributed by atoms with Crippen molar-refractivity contribution in [3.05, 3.63) is 81.4 Å². The quantitative estimate of drug-likeness (QED) is 0.747. The first kappa shape index (κ1) is 16.6. The number of thiophene rings is 1. The number of aryl methyl sites for hydroxylation is 1. The fourth-order valence-corrected chi connectivity index (χ4v) is 3.83. The van der Waals surface area contributed by atoms with Gasteiger partial charge in [-0.25, -0.2) is 14.4 Å². The van der Waals surface area contributed by atoms with Gasteiger partial charge in [0.2, 0.25) is 0 Å². The molecule has 3 aromatic rings. The Bertz CT molecular complexity index is 991. The number of aliphatic imine (C=N–C) groups is 2. The molecule has 0 radical (unpaired) electrons. The topological polar surface area (TPSA) is 63.6 Å². The van der Waals surface area contributed by atoms with Crippen LogP contribution in [0.3, 0.4) is 0 Å². The van der Waals surface area contributed by atoms with Crippen molar-refractivity contribution in [3.8, 4) is 0 Å². The van der Waals surface area contributed by atoms with Crippen molar-refractivity contribution in [2.45, 2.75) is 19.4 Å². The van der Waals surface area contributed by atoms with Crippen LogP contribution in [0.1, 0.15) is 34.5 Å². The van der Waals surface area contributed by atoms with E-state index in [9.17, 15) is 4.39 Å². The molecule has 0 saturated carbocycles. The summed E-state index contributed by atoms with van der Waals surface area (Å²) in [5.74, 6) is 0.686. The molecular weight excluding hydrogens is 347 g/mol. The summed E-state index contributed by atoms with van der Waals surface area (Å²) in [6.45, 7) is 2.08. The minimum Gasteiger partial charge on any atom is -0.385 e. The van der Waals surface area contributed by atoms with Crippen molar-refractivity contribution in [3.63, 3.8) is 0 Å². The van der Waals surface area contributed by atoms with Crippen molar-refractivity contribution in [2.24, 2.45) is 15.7 Å². The van der Waals surface area contributed by atoms with Crippen molar-refractivity contribution < 1.29 is 4.39 Å². The summed E-state index contributed by atoms with van der Waals surface area (Å²) < 4.78 is 13.4. The van der Waals surface area contributed by atoms with E-state index >= 15 is 0 Å². The maximum Gasteiger partial charge on any atom is 0.163 e. The SMILES string of the molecule is CCc1ccnc2c1C(c1ccc(F)cc1)=NC(c1cccs1)C(N)=N2. The molecule has 0 bridgehead atoms. The summed E-state index contributed by atoms with van der Waals surface area (Å²) in [5, 5.41) is 1.99. The number of nitrogens with zero attached hydrogens (tertiary/aromatic N) is 3. The van der Waals surface area contributed by atoms with Crippen molar-refractivity contribution in [2.75, 3.05) is 0 Å². The molecule has 0 aliphatic carbocycles. The van der Waals surface area contributed by atoms with E-state index in [-0.39, 0.29) is 11.9 Å². The van der Waals surface area contributed by atoms with Gasteiger partial charge < -0.3 is 5.73 Å². The van der Waals surface area contributed by atoms with Crippen LogP contribution in [0.2, 0.25) is 0 Å². The largest absolute Gasteiger partial charge is 0.385 e. The third-order valence-electron chi connectivity index (χ3n) is 4.34. The molecule has 1 atom stereocenters. The summed E-state index contributed by atoms with van der Waals surface area (Å²) in [4.78, 5) is 15.0. The number of pyridine rings is 1. The van der Waals surface area contributed by atoms with E-state index in [0.29, 0.717) is 11.7 Å². The van der Waals surface area contributed by atoms with Gasteiger partial charge in [0.1, 0.15) is 17.7 Å². The summed E-state index contributed by atoms with van der Waals surface area (Å²) in [5.41, 5.74) is 9.80. The van der Waals surface area contributed by atoms with Gasteiger partial charge in [0.25, 0.3) is 0 Å². The normalized spacial score (nSPS) is 16.5. The fourth-order valence-electron chi connectivity index (χ4n) is 3.05. The van der Waals surface area contributed by atoms with Crippen LogP contribution in [0.4, 0.5) is 10.2 Å². The number of rotatable bonds is 3. The first-order valence-electron chi connectivity index (χ1n) is 8.37. The number of nitrogens with two attached hydrogens (primary N) is 1. The number of hydrogen-bond donors (Lipinski definition) is 1.